The van der Waals surface area contributed by atoms with Crippen molar-refractivity contribution in [1.29, 1.82) is 0 Å². The van der Waals surface area contributed by atoms with Gasteiger partial charge in [0.25, 0.3) is 0 Å². The van der Waals surface area contributed by atoms with Crippen molar-refractivity contribution < 1.29 is 9.32 Å². The second kappa shape index (κ2) is 4.54. The lowest BCUT2D eigenvalue weighted by atomic mass is 10.2. The van der Waals surface area contributed by atoms with Gasteiger partial charge in [-0.25, -0.2) is 0 Å². The molecule has 13 heavy (non-hydrogen) atoms. The van der Waals surface area contributed by atoms with Gasteiger partial charge in [0.1, 0.15) is 18.8 Å². The largest absolute Gasteiger partial charge is 0.465 e. The number of nitrogens with one attached hydrogen (secondary N) is 1. The number of terminal acetylenes is 1. The van der Waals surface area contributed by atoms with Crippen LogP contribution in [-0.2, 0) is 0 Å². The summed E-state index contributed by atoms with van der Waals surface area (Å²) in [6, 6.07) is 3.77. The Morgan fingerprint density at radius 3 is 3.08 bits per heavy atom. The molecule has 1 atom stereocenters. The highest BCUT2D eigenvalue weighted by Crippen LogP contribution is 2.09. The highest BCUT2D eigenvalue weighted by molar-refractivity contribution is 5.58. The third-order valence-corrected chi connectivity index (χ3v) is 1.79. The summed E-state index contributed by atoms with van der Waals surface area (Å²) in [5.41, 5.74) is 0.984. The van der Waals surface area contributed by atoms with E-state index in [0.29, 0.717) is 6.54 Å². The maximum Gasteiger partial charge on any atom is 0.139 e. The summed E-state index contributed by atoms with van der Waals surface area (Å²) in [7, 11) is 2.04. The molecule has 0 aliphatic rings. The van der Waals surface area contributed by atoms with Crippen LogP contribution < -0.4 is 4.90 Å². The first kappa shape index (κ1) is 9.63. The molecular formula is C11H14NO+. The first-order chi connectivity index (χ1) is 6.24. The summed E-state index contributed by atoms with van der Waals surface area (Å²) in [6.07, 6.45) is 6.85. The van der Waals surface area contributed by atoms with Crippen LogP contribution in [0.2, 0.25) is 0 Å². The number of hydrogen-bond acceptors (Lipinski definition) is 1. The zero-order valence-corrected chi connectivity index (χ0v) is 7.84. The van der Waals surface area contributed by atoms with Gasteiger partial charge in [-0.05, 0) is 18.1 Å². The molecule has 1 heterocycles. The van der Waals surface area contributed by atoms with Crippen LogP contribution >= 0.6 is 0 Å². The maximum absolute atomic E-state index is 5.21. The summed E-state index contributed by atoms with van der Waals surface area (Å²) >= 11 is 0. The van der Waals surface area contributed by atoms with Gasteiger partial charge in [-0.1, -0.05) is 6.58 Å². The fourth-order valence-corrected chi connectivity index (χ4v) is 1.17. The lowest BCUT2D eigenvalue weighted by Gasteiger charge is -2.10. The fourth-order valence-electron chi connectivity index (χ4n) is 1.17. The van der Waals surface area contributed by atoms with Crippen molar-refractivity contribution in [3.8, 4) is 12.3 Å². The Balaban J connectivity index is 2.48. The first-order valence-electron chi connectivity index (χ1n) is 4.20. The van der Waals surface area contributed by atoms with Gasteiger partial charge >= 0.3 is 0 Å². The molecule has 0 saturated heterocycles. The molecule has 1 unspecified atom stereocenters. The van der Waals surface area contributed by atoms with Crippen molar-refractivity contribution >= 4 is 5.57 Å². The summed E-state index contributed by atoms with van der Waals surface area (Å²) in [4.78, 5) is 1.24. The van der Waals surface area contributed by atoms with E-state index in [1.807, 2.05) is 19.2 Å². The number of quaternary nitrogens is 1. The van der Waals surface area contributed by atoms with E-state index in [9.17, 15) is 0 Å². The molecule has 1 aromatic heterocycles. The zero-order valence-electron chi connectivity index (χ0n) is 7.84. The highest BCUT2D eigenvalue weighted by Gasteiger charge is 2.06. The number of likely N-dealkylation sites (N-methyl/N-ethyl adjacent to an activating group) is 1. The van der Waals surface area contributed by atoms with E-state index in [2.05, 4.69) is 12.5 Å². The van der Waals surface area contributed by atoms with Crippen LogP contribution in [0.25, 0.3) is 5.57 Å². The van der Waals surface area contributed by atoms with E-state index in [4.69, 9.17) is 10.8 Å². The standard InChI is InChI=1S/C11H13NO/c1-4-7-12(3)9-10(2)11-6-5-8-13-11/h1,5-6,8H,2,7,9H2,3H3/p+1. The van der Waals surface area contributed by atoms with Crippen molar-refractivity contribution in [2.24, 2.45) is 0 Å². The van der Waals surface area contributed by atoms with Gasteiger partial charge < -0.3 is 9.32 Å². The number of hydrogen-bond donors (Lipinski definition) is 1. The molecule has 2 nitrogen and oxygen atoms in total. The Kier molecular flexibility index (Phi) is 3.36. The molecule has 0 aliphatic carbocycles. The number of rotatable bonds is 4. The van der Waals surface area contributed by atoms with Crippen molar-refractivity contribution in [2.45, 2.75) is 0 Å². The molecule has 68 valence electrons. The lowest BCUT2D eigenvalue weighted by Crippen LogP contribution is -3.08. The SMILES string of the molecule is C#CC[NH+](C)CC(=C)c1ccco1. The van der Waals surface area contributed by atoms with E-state index in [-0.39, 0.29) is 0 Å². The second-order valence-corrected chi connectivity index (χ2v) is 3.10. The molecule has 0 fully saturated rings. The fraction of sp³-hybridized carbons (Fsp3) is 0.273. The zero-order chi connectivity index (χ0) is 9.68. The summed E-state index contributed by atoms with van der Waals surface area (Å²) < 4.78 is 5.21. The Morgan fingerprint density at radius 1 is 1.77 bits per heavy atom. The quantitative estimate of drug-likeness (QED) is 0.659. The minimum absolute atomic E-state index is 0.708. The van der Waals surface area contributed by atoms with Crippen molar-refractivity contribution in [1.82, 2.24) is 0 Å². The molecule has 1 rings (SSSR count). The second-order valence-electron chi connectivity index (χ2n) is 3.10. The Morgan fingerprint density at radius 2 is 2.54 bits per heavy atom. The predicted molar refractivity (Wildman–Crippen MR) is 53.2 cm³/mol. The van der Waals surface area contributed by atoms with Crippen LogP contribution in [-0.4, -0.2) is 20.1 Å². The minimum Gasteiger partial charge on any atom is -0.465 e. The molecular weight excluding hydrogens is 162 g/mol. The molecule has 0 amide bonds. The van der Waals surface area contributed by atoms with E-state index < -0.39 is 0 Å². The van der Waals surface area contributed by atoms with Gasteiger partial charge in [0.2, 0.25) is 0 Å². The van der Waals surface area contributed by atoms with Crippen LogP contribution in [0.1, 0.15) is 5.76 Å². The smallest absolute Gasteiger partial charge is 0.139 e. The summed E-state index contributed by atoms with van der Waals surface area (Å²) in [6.45, 7) is 5.46. The van der Waals surface area contributed by atoms with Crippen LogP contribution in [0.5, 0.6) is 0 Å². The van der Waals surface area contributed by atoms with Crippen LogP contribution in [0.3, 0.4) is 0 Å². The van der Waals surface area contributed by atoms with Crippen molar-refractivity contribution in [2.75, 3.05) is 20.1 Å². The van der Waals surface area contributed by atoms with E-state index in [0.717, 1.165) is 17.9 Å². The van der Waals surface area contributed by atoms with Gasteiger partial charge in [-0.2, -0.15) is 0 Å². The highest BCUT2D eigenvalue weighted by atomic mass is 16.3. The lowest BCUT2D eigenvalue weighted by molar-refractivity contribution is -0.863. The normalized spacial score (nSPS) is 12.0. The molecule has 0 spiro atoms. The van der Waals surface area contributed by atoms with Gasteiger partial charge in [0, 0.05) is 5.57 Å². The maximum atomic E-state index is 5.21. The first-order valence-corrected chi connectivity index (χ1v) is 4.20. The van der Waals surface area contributed by atoms with E-state index >= 15 is 0 Å². The van der Waals surface area contributed by atoms with Crippen molar-refractivity contribution in [3.05, 3.63) is 30.7 Å². The van der Waals surface area contributed by atoms with Crippen LogP contribution in [0.4, 0.5) is 0 Å². The van der Waals surface area contributed by atoms with Gasteiger partial charge in [0.05, 0.1) is 13.3 Å². The average molecular weight is 176 g/mol. The Hall–Kier alpha value is -1.46. The summed E-state index contributed by atoms with van der Waals surface area (Å²) in [5, 5.41) is 0. The average Bonchev–Trinajstić information content (AvgIpc) is 2.55. The summed E-state index contributed by atoms with van der Waals surface area (Å²) in [5.74, 6) is 3.45. The van der Waals surface area contributed by atoms with Crippen LogP contribution in [0.15, 0.2) is 29.4 Å². The monoisotopic (exact) mass is 176 g/mol. The Bertz CT molecular complexity index is 305. The molecule has 0 radical (unpaired) electrons. The van der Waals surface area contributed by atoms with Gasteiger partial charge in [-0.15, -0.1) is 6.42 Å². The molecule has 2 heteroatoms. The van der Waals surface area contributed by atoms with E-state index in [1.165, 1.54) is 4.90 Å². The molecule has 0 bridgehead atoms. The number of furan rings is 1. The molecule has 0 aliphatic heterocycles. The molecule has 1 aromatic rings. The molecule has 0 aromatic carbocycles. The van der Waals surface area contributed by atoms with Crippen LogP contribution in [0, 0.1) is 12.3 Å². The minimum atomic E-state index is 0.708. The topological polar surface area (TPSA) is 17.6 Å². The molecule has 0 saturated carbocycles. The third kappa shape index (κ3) is 2.81. The Labute approximate surface area is 78.8 Å². The third-order valence-electron chi connectivity index (χ3n) is 1.79. The van der Waals surface area contributed by atoms with Crippen molar-refractivity contribution in [3.63, 3.8) is 0 Å². The predicted octanol–water partition coefficient (Wildman–Crippen LogP) is 0.441. The van der Waals surface area contributed by atoms with Gasteiger partial charge in [-0.3, -0.25) is 0 Å². The van der Waals surface area contributed by atoms with Gasteiger partial charge in [0.15, 0.2) is 0 Å². The molecule has 1 N–H and O–H groups in total. The van der Waals surface area contributed by atoms with E-state index in [1.54, 1.807) is 6.26 Å².